The van der Waals surface area contributed by atoms with Crippen molar-refractivity contribution in [2.24, 2.45) is 8.80 Å². The van der Waals surface area contributed by atoms with E-state index in [2.05, 4.69) is 8.80 Å². The molecule has 0 unspecified atom stereocenters. The lowest BCUT2D eigenvalue weighted by Crippen LogP contribution is -2.07. The Morgan fingerprint density at radius 1 is 0.409 bits per heavy atom. The molecular formula is C34H22N2O6S2. The number of hydrogen-bond donors (Lipinski definition) is 0. The maximum atomic E-state index is 12.0. The number of nitrogens with zero attached hydrogens (tertiary/aromatic N) is 2. The van der Waals surface area contributed by atoms with Crippen molar-refractivity contribution in [2.75, 3.05) is 0 Å². The molecule has 0 aliphatic carbocycles. The molecule has 0 atom stereocenters. The second kappa shape index (κ2) is 10.7. The van der Waals surface area contributed by atoms with Crippen LogP contribution in [0, 0.1) is 0 Å². The molecule has 0 radical (unpaired) electrons. The zero-order valence-electron chi connectivity index (χ0n) is 22.9. The zero-order valence-corrected chi connectivity index (χ0v) is 24.5. The summed E-state index contributed by atoms with van der Waals surface area (Å²) >= 11 is 0. The van der Waals surface area contributed by atoms with Crippen molar-refractivity contribution in [3.8, 4) is 11.5 Å². The van der Waals surface area contributed by atoms with Crippen molar-refractivity contribution in [1.29, 1.82) is 0 Å². The van der Waals surface area contributed by atoms with Gasteiger partial charge in [-0.05, 0) is 47.2 Å². The maximum Gasteiger partial charge on any atom is 0.286 e. The molecule has 8 rings (SSSR count). The SMILES string of the molecule is O=S1(=O)N=C(Oc2cccc3ccccc23)c2ccccc21.O=S1(=O)N=C(Oc2cccc3ccccc23)c2ccccc21. The third kappa shape index (κ3) is 5.00. The van der Waals surface area contributed by atoms with Crippen LogP contribution in [0.25, 0.3) is 21.5 Å². The molecule has 0 aromatic heterocycles. The molecule has 216 valence electrons. The van der Waals surface area contributed by atoms with Gasteiger partial charge < -0.3 is 9.47 Å². The molecule has 0 spiro atoms. The van der Waals surface area contributed by atoms with Gasteiger partial charge in [-0.15, -0.1) is 8.80 Å². The maximum absolute atomic E-state index is 12.0. The summed E-state index contributed by atoms with van der Waals surface area (Å²) in [6.07, 6.45) is 0. The normalized spacial score (nSPS) is 15.4. The van der Waals surface area contributed by atoms with Gasteiger partial charge in [-0.3, -0.25) is 0 Å². The summed E-state index contributed by atoms with van der Waals surface area (Å²) in [5.41, 5.74) is 0.992. The summed E-state index contributed by atoms with van der Waals surface area (Å²) in [5.74, 6) is 1.41. The minimum atomic E-state index is -3.67. The fraction of sp³-hybridized carbons (Fsp3) is 0. The molecule has 0 saturated heterocycles. The Balaban J connectivity index is 0.000000142. The van der Waals surface area contributed by atoms with Gasteiger partial charge in [0.2, 0.25) is 11.8 Å². The van der Waals surface area contributed by atoms with Crippen molar-refractivity contribution in [2.45, 2.75) is 9.79 Å². The van der Waals surface area contributed by atoms with Crippen LogP contribution in [-0.2, 0) is 20.0 Å². The van der Waals surface area contributed by atoms with Gasteiger partial charge in [0.1, 0.15) is 21.3 Å². The number of ether oxygens (including phenoxy) is 2. The van der Waals surface area contributed by atoms with E-state index in [4.69, 9.17) is 9.47 Å². The Labute approximate surface area is 253 Å². The molecule has 2 heterocycles. The van der Waals surface area contributed by atoms with E-state index < -0.39 is 20.0 Å². The van der Waals surface area contributed by atoms with E-state index >= 15 is 0 Å². The van der Waals surface area contributed by atoms with Gasteiger partial charge in [0.15, 0.2) is 0 Å². The molecular weight excluding hydrogens is 597 g/mol. The molecule has 0 saturated carbocycles. The van der Waals surface area contributed by atoms with Crippen molar-refractivity contribution in [1.82, 2.24) is 0 Å². The highest BCUT2D eigenvalue weighted by Gasteiger charge is 2.31. The van der Waals surface area contributed by atoms with E-state index in [0.29, 0.717) is 22.6 Å². The third-order valence-corrected chi connectivity index (χ3v) is 9.75. The first-order valence-corrected chi connectivity index (χ1v) is 16.4. The van der Waals surface area contributed by atoms with E-state index in [0.717, 1.165) is 21.5 Å². The standard InChI is InChI=1S/2C17H11NO3S/c2*19-22(20)16-11-4-3-9-14(16)17(18-22)21-15-10-5-7-12-6-1-2-8-13(12)15/h2*1-11H. The second-order valence-electron chi connectivity index (χ2n) is 9.89. The van der Waals surface area contributed by atoms with Gasteiger partial charge in [-0.2, -0.15) is 16.8 Å². The van der Waals surface area contributed by atoms with Crippen LogP contribution in [0.2, 0.25) is 0 Å². The zero-order chi connectivity index (χ0) is 30.3. The van der Waals surface area contributed by atoms with Gasteiger partial charge >= 0.3 is 0 Å². The number of hydrogen-bond acceptors (Lipinski definition) is 6. The Morgan fingerprint density at radius 2 is 0.773 bits per heavy atom. The highest BCUT2D eigenvalue weighted by molar-refractivity contribution is 7.91. The van der Waals surface area contributed by atoms with Crippen LogP contribution >= 0.6 is 0 Å². The van der Waals surface area contributed by atoms with Crippen LogP contribution in [0.5, 0.6) is 11.5 Å². The Morgan fingerprint density at radius 3 is 1.23 bits per heavy atom. The lowest BCUT2D eigenvalue weighted by molar-refractivity contribution is 0.559. The summed E-state index contributed by atoms with van der Waals surface area (Å²) in [6, 6.07) is 40.2. The van der Waals surface area contributed by atoms with Crippen molar-refractivity contribution in [3.63, 3.8) is 0 Å². The number of rotatable bonds is 2. The molecule has 8 nitrogen and oxygen atoms in total. The molecule has 0 N–H and O–H groups in total. The van der Waals surface area contributed by atoms with Gasteiger partial charge in [-0.25, -0.2) is 0 Å². The average Bonchev–Trinajstić information content (AvgIpc) is 3.45. The minimum Gasteiger partial charge on any atom is -0.437 e. The molecule has 0 amide bonds. The van der Waals surface area contributed by atoms with Crippen molar-refractivity contribution >= 4 is 53.4 Å². The van der Waals surface area contributed by atoms with Gasteiger partial charge in [0.25, 0.3) is 20.0 Å². The molecule has 44 heavy (non-hydrogen) atoms. The van der Waals surface area contributed by atoms with E-state index in [1.54, 1.807) is 48.5 Å². The predicted octanol–water partition coefficient (Wildman–Crippen LogP) is 6.74. The lowest BCUT2D eigenvalue weighted by Gasteiger charge is -2.08. The van der Waals surface area contributed by atoms with Gasteiger partial charge in [0, 0.05) is 10.8 Å². The largest absolute Gasteiger partial charge is 0.437 e. The van der Waals surface area contributed by atoms with Gasteiger partial charge in [0.05, 0.1) is 11.1 Å². The van der Waals surface area contributed by atoms with Crippen LogP contribution in [0.1, 0.15) is 11.1 Å². The molecule has 2 aliphatic rings. The Kier molecular flexibility index (Phi) is 6.72. The molecule has 0 fully saturated rings. The number of sulfonamides is 2. The first kappa shape index (κ1) is 27.5. The summed E-state index contributed by atoms with van der Waals surface area (Å²) < 4.78 is 67.4. The quantitative estimate of drug-likeness (QED) is 0.213. The van der Waals surface area contributed by atoms with Crippen molar-refractivity contribution < 1.29 is 26.3 Å². The van der Waals surface area contributed by atoms with Crippen LogP contribution < -0.4 is 9.47 Å². The fourth-order valence-corrected chi connectivity index (χ4v) is 7.35. The smallest absolute Gasteiger partial charge is 0.286 e. The Hall–Kier alpha value is -5.32. The second-order valence-corrected chi connectivity index (χ2v) is 13.0. The first-order chi connectivity index (χ1) is 21.3. The van der Waals surface area contributed by atoms with E-state index in [9.17, 15) is 16.8 Å². The molecule has 10 heteroatoms. The monoisotopic (exact) mass is 618 g/mol. The van der Waals surface area contributed by atoms with Crippen LogP contribution in [0.3, 0.4) is 0 Å². The van der Waals surface area contributed by atoms with E-state index in [-0.39, 0.29) is 21.6 Å². The summed E-state index contributed by atoms with van der Waals surface area (Å²) in [4.78, 5) is 0.371. The van der Waals surface area contributed by atoms with Gasteiger partial charge in [-0.1, -0.05) is 97.1 Å². The highest BCUT2D eigenvalue weighted by atomic mass is 32.2. The predicted molar refractivity (Wildman–Crippen MR) is 169 cm³/mol. The van der Waals surface area contributed by atoms with E-state index in [1.165, 1.54) is 12.1 Å². The lowest BCUT2D eigenvalue weighted by atomic mass is 10.1. The average molecular weight is 619 g/mol. The third-order valence-electron chi connectivity index (χ3n) is 7.11. The topological polar surface area (TPSA) is 111 Å². The molecule has 2 aliphatic heterocycles. The molecule has 6 aromatic rings. The highest BCUT2D eigenvalue weighted by Crippen LogP contribution is 2.32. The molecule has 0 bridgehead atoms. The van der Waals surface area contributed by atoms with Crippen LogP contribution in [0.15, 0.2) is 152 Å². The van der Waals surface area contributed by atoms with Crippen LogP contribution in [-0.4, -0.2) is 28.6 Å². The summed E-state index contributed by atoms with van der Waals surface area (Å²) in [5, 5.41) is 3.87. The number of fused-ring (bicyclic) bond motifs is 4. The summed E-state index contributed by atoms with van der Waals surface area (Å²) in [7, 11) is -7.33. The molecule has 6 aromatic carbocycles. The minimum absolute atomic E-state index is 0.118. The Bertz CT molecular complexity index is 2200. The van der Waals surface area contributed by atoms with Crippen molar-refractivity contribution in [3.05, 3.63) is 145 Å². The van der Waals surface area contributed by atoms with E-state index in [1.807, 2.05) is 72.8 Å². The first-order valence-electron chi connectivity index (χ1n) is 13.5. The fourth-order valence-electron chi connectivity index (χ4n) is 5.08. The number of benzene rings is 6. The van der Waals surface area contributed by atoms with Crippen LogP contribution in [0.4, 0.5) is 0 Å². The summed E-state index contributed by atoms with van der Waals surface area (Å²) in [6.45, 7) is 0.